The molecular weight excluding hydrogens is 287 g/mol. The maximum atomic E-state index is 11.3. The van der Waals surface area contributed by atoms with E-state index in [-0.39, 0.29) is 11.8 Å². The van der Waals surface area contributed by atoms with E-state index in [0.29, 0.717) is 36.3 Å². The van der Waals surface area contributed by atoms with E-state index in [0.717, 1.165) is 12.1 Å². The van der Waals surface area contributed by atoms with Gasteiger partial charge in [0.1, 0.15) is 0 Å². The molecule has 0 aromatic heterocycles. The van der Waals surface area contributed by atoms with Crippen molar-refractivity contribution in [1.82, 2.24) is 4.90 Å². The minimum atomic E-state index is -0.318. The molecule has 6 heteroatoms. The van der Waals surface area contributed by atoms with Crippen LogP contribution in [0.25, 0.3) is 0 Å². The van der Waals surface area contributed by atoms with E-state index in [2.05, 4.69) is 4.90 Å². The molecule has 1 aliphatic heterocycles. The van der Waals surface area contributed by atoms with Crippen LogP contribution in [0.1, 0.15) is 5.56 Å². The zero-order valence-electron chi connectivity index (χ0n) is 10.4. The van der Waals surface area contributed by atoms with E-state index >= 15 is 0 Å². The van der Waals surface area contributed by atoms with E-state index in [1.54, 1.807) is 6.07 Å². The second-order valence-corrected chi connectivity index (χ2v) is 5.47. The van der Waals surface area contributed by atoms with Crippen LogP contribution in [0.15, 0.2) is 18.2 Å². The first kappa shape index (κ1) is 14.6. The number of rotatable bonds is 3. The zero-order valence-corrected chi connectivity index (χ0v) is 12.0. The predicted octanol–water partition coefficient (Wildman–Crippen LogP) is 1.93. The largest absolute Gasteiger partial charge is 0.379 e. The third-order valence-corrected chi connectivity index (χ3v) is 3.88. The molecule has 0 radical (unpaired) electrons. The molecule has 0 bridgehead atoms. The highest BCUT2D eigenvalue weighted by Crippen LogP contribution is 2.23. The lowest BCUT2D eigenvalue weighted by atomic mass is 10.1. The quantitative estimate of drug-likeness (QED) is 0.928. The fourth-order valence-electron chi connectivity index (χ4n) is 2.09. The highest BCUT2D eigenvalue weighted by molar-refractivity contribution is 6.42. The van der Waals surface area contributed by atoms with Crippen LogP contribution in [0.4, 0.5) is 0 Å². The van der Waals surface area contributed by atoms with Gasteiger partial charge in [-0.15, -0.1) is 0 Å². The molecule has 2 N–H and O–H groups in total. The lowest BCUT2D eigenvalue weighted by Crippen LogP contribution is -2.36. The van der Waals surface area contributed by atoms with Crippen LogP contribution in [0.2, 0.25) is 10.0 Å². The summed E-state index contributed by atoms with van der Waals surface area (Å²) in [5.74, 6) is -0.577. The van der Waals surface area contributed by atoms with E-state index in [1.165, 1.54) is 0 Å². The molecule has 104 valence electrons. The van der Waals surface area contributed by atoms with Gasteiger partial charge in [0.25, 0.3) is 0 Å². The highest BCUT2D eigenvalue weighted by Gasteiger charge is 2.22. The lowest BCUT2D eigenvalue weighted by molar-refractivity contribution is -0.123. The molecule has 0 spiro atoms. The van der Waals surface area contributed by atoms with E-state index in [1.807, 2.05) is 12.1 Å². The van der Waals surface area contributed by atoms with Crippen molar-refractivity contribution in [2.75, 3.05) is 26.3 Å². The van der Waals surface area contributed by atoms with Crippen LogP contribution in [0, 0.1) is 5.92 Å². The third kappa shape index (κ3) is 4.08. The van der Waals surface area contributed by atoms with Gasteiger partial charge in [0.15, 0.2) is 0 Å². The molecule has 1 fully saturated rings. The molecule has 2 rings (SSSR count). The third-order valence-electron chi connectivity index (χ3n) is 3.14. The van der Waals surface area contributed by atoms with Crippen LogP contribution in [-0.4, -0.2) is 37.1 Å². The van der Waals surface area contributed by atoms with Crippen molar-refractivity contribution in [3.8, 4) is 0 Å². The maximum Gasteiger partial charge on any atom is 0.224 e. The first-order valence-electron chi connectivity index (χ1n) is 6.09. The summed E-state index contributed by atoms with van der Waals surface area (Å²) in [5, 5.41) is 1.08. The second kappa shape index (κ2) is 6.57. The Bertz CT molecular complexity index is 468. The van der Waals surface area contributed by atoms with Crippen LogP contribution in [-0.2, 0) is 16.1 Å². The monoisotopic (exact) mass is 302 g/mol. The molecule has 1 aromatic rings. The number of primary amides is 1. The van der Waals surface area contributed by atoms with Crippen molar-refractivity contribution in [3.05, 3.63) is 33.8 Å². The molecule has 4 nitrogen and oxygen atoms in total. The number of nitrogens with two attached hydrogens (primary N) is 1. The first-order chi connectivity index (χ1) is 9.06. The van der Waals surface area contributed by atoms with Gasteiger partial charge in [-0.05, 0) is 17.7 Å². The highest BCUT2D eigenvalue weighted by atomic mass is 35.5. The first-order valence-corrected chi connectivity index (χ1v) is 6.85. The molecular formula is C13H16Cl2N2O2. The van der Waals surface area contributed by atoms with Gasteiger partial charge in [0.2, 0.25) is 5.91 Å². The molecule has 1 unspecified atom stereocenters. The Labute approximate surface area is 122 Å². The summed E-state index contributed by atoms with van der Waals surface area (Å²) in [5.41, 5.74) is 6.41. The Morgan fingerprint density at radius 3 is 2.89 bits per heavy atom. The predicted molar refractivity (Wildman–Crippen MR) is 75.2 cm³/mol. The number of ether oxygens (including phenoxy) is 1. The van der Waals surface area contributed by atoms with Gasteiger partial charge in [-0.3, -0.25) is 9.69 Å². The van der Waals surface area contributed by atoms with Crippen molar-refractivity contribution in [3.63, 3.8) is 0 Å². The van der Waals surface area contributed by atoms with Gasteiger partial charge >= 0.3 is 0 Å². The van der Waals surface area contributed by atoms with Gasteiger partial charge in [-0.1, -0.05) is 29.3 Å². The molecule has 1 amide bonds. The minimum Gasteiger partial charge on any atom is -0.379 e. The molecule has 1 atom stereocenters. The molecule has 1 saturated heterocycles. The second-order valence-electron chi connectivity index (χ2n) is 4.66. The van der Waals surface area contributed by atoms with Crippen LogP contribution >= 0.6 is 23.2 Å². The number of nitrogens with zero attached hydrogens (tertiary/aromatic N) is 1. The van der Waals surface area contributed by atoms with Gasteiger partial charge in [0.05, 0.1) is 29.2 Å². The number of hydrogen-bond donors (Lipinski definition) is 1. The number of carbonyl (C=O) groups is 1. The summed E-state index contributed by atoms with van der Waals surface area (Å²) in [7, 11) is 0. The van der Waals surface area contributed by atoms with E-state index in [4.69, 9.17) is 33.7 Å². The number of halogens is 2. The number of carbonyl (C=O) groups excluding carboxylic acids is 1. The average Bonchev–Trinajstić information content (AvgIpc) is 2.59. The van der Waals surface area contributed by atoms with Gasteiger partial charge in [0, 0.05) is 19.6 Å². The topological polar surface area (TPSA) is 55.6 Å². The summed E-state index contributed by atoms with van der Waals surface area (Å²) in [6, 6.07) is 5.55. The van der Waals surface area contributed by atoms with Crippen LogP contribution in [0.3, 0.4) is 0 Å². The van der Waals surface area contributed by atoms with Gasteiger partial charge in [-0.2, -0.15) is 0 Å². The summed E-state index contributed by atoms with van der Waals surface area (Å²) in [4.78, 5) is 13.4. The Kier molecular flexibility index (Phi) is 5.05. The average molecular weight is 303 g/mol. The smallest absolute Gasteiger partial charge is 0.224 e. The van der Waals surface area contributed by atoms with Crippen molar-refractivity contribution in [2.45, 2.75) is 6.54 Å². The zero-order chi connectivity index (χ0) is 13.8. The standard InChI is InChI=1S/C13H16Cl2N2O2/c14-11-2-1-9(5-12(11)15)6-17-3-4-19-8-10(7-17)13(16)18/h1-2,5,10H,3-4,6-8H2,(H2,16,18). The molecule has 1 aliphatic rings. The Morgan fingerprint density at radius 2 is 2.21 bits per heavy atom. The number of benzene rings is 1. The van der Waals surface area contributed by atoms with Crippen LogP contribution < -0.4 is 5.73 Å². The number of amides is 1. The summed E-state index contributed by atoms with van der Waals surface area (Å²) in [6.45, 7) is 3.07. The van der Waals surface area contributed by atoms with Crippen molar-refractivity contribution >= 4 is 29.1 Å². The number of hydrogen-bond acceptors (Lipinski definition) is 3. The Morgan fingerprint density at radius 1 is 1.42 bits per heavy atom. The van der Waals surface area contributed by atoms with Gasteiger partial charge < -0.3 is 10.5 Å². The Hall–Kier alpha value is -0.810. The minimum absolute atomic E-state index is 0.259. The molecule has 19 heavy (non-hydrogen) atoms. The fraction of sp³-hybridized carbons (Fsp3) is 0.462. The molecule has 1 heterocycles. The van der Waals surface area contributed by atoms with Crippen molar-refractivity contribution < 1.29 is 9.53 Å². The van der Waals surface area contributed by atoms with Gasteiger partial charge in [-0.25, -0.2) is 0 Å². The lowest BCUT2D eigenvalue weighted by Gasteiger charge is -2.22. The molecule has 0 saturated carbocycles. The summed E-state index contributed by atoms with van der Waals surface area (Å²) < 4.78 is 5.39. The molecule has 0 aliphatic carbocycles. The summed E-state index contributed by atoms with van der Waals surface area (Å²) in [6.07, 6.45) is 0. The maximum absolute atomic E-state index is 11.3. The SMILES string of the molecule is NC(=O)C1COCCN(Cc2ccc(Cl)c(Cl)c2)C1. The van der Waals surface area contributed by atoms with Crippen molar-refractivity contribution in [2.24, 2.45) is 11.7 Å². The molecule has 1 aromatic carbocycles. The normalized spacial score (nSPS) is 21.1. The Balaban J connectivity index is 2.04. The fourth-order valence-corrected chi connectivity index (χ4v) is 2.41. The van der Waals surface area contributed by atoms with Crippen LogP contribution in [0.5, 0.6) is 0 Å². The van der Waals surface area contributed by atoms with Crippen molar-refractivity contribution in [1.29, 1.82) is 0 Å². The van der Waals surface area contributed by atoms with E-state index in [9.17, 15) is 4.79 Å². The van der Waals surface area contributed by atoms with E-state index < -0.39 is 0 Å². The summed E-state index contributed by atoms with van der Waals surface area (Å²) >= 11 is 11.9.